The number of aryl methyl sites for hydroxylation is 2. The van der Waals surface area contributed by atoms with Crippen molar-refractivity contribution < 1.29 is 9.59 Å². The first kappa shape index (κ1) is 23.5. The van der Waals surface area contributed by atoms with Gasteiger partial charge in [-0.25, -0.2) is 0 Å². The average molecular weight is 428 g/mol. The fraction of sp³-hybridized carbons (Fsp3) is 0.310. The van der Waals surface area contributed by atoms with E-state index in [0.717, 1.165) is 35.2 Å². The van der Waals surface area contributed by atoms with Crippen molar-refractivity contribution in [3.05, 3.63) is 101 Å². The van der Waals surface area contributed by atoms with E-state index in [1.807, 2.05) is 74.5 Å². The van der Waals surface area contributed by atoms with Gasteiger partial charge in [0.25, 0.3) is 5.91 Å². The summed E-state index contributed by atoms with van der Waals surface area (Å²) >= 11 is 0. The van der Waals surface area contributed by atoms with Gasteiger partial charge in [-0.2, -0.15) is 0 Å². The number of nitrogens with one attached hydrogen (secondary N) is 1. The molecule has 0 bridgehead atoms. The number of ketones is 1. The molecule has 0 aliphatic rings. The summed E-state index contributed by atoms with van der Waals surface area (Å²) in [5, 5.41) is 2.95. The molecule has 0 saturated heterocycles. The predicted molar refractivity (Wildman–Crippen MR) is 133 cm³/mol. The molecular formula is C29H33NO2. The Kier molecular flexibility index (Phi) is 7.29. The second-order valence-electron chi connectivity index (χ2n) is 9.60. The van der Waals surface area contributed by atoms with Crippen molar-refractivity contribution >= 4 is 17.4 Å². The molecule has 3 heteroatoms. The van der Waals surface area contributed by atoms with E-state index >= 15 is 0 Å². The molecule has 3 aromatic carbocycles. The summed E-state index contributed by atoms with van der Waals surface area (Å²) in [6, 6.07) is 23.4. The summed E-state index contributed by atoms with van der Waals surface area (Å²) in [4.78, 5) is 25.3. The number of hydrogen-bond donors (Lipinski definition) is 1. The minimum atomic E-state index is -0.104. The van der Waals surface area contributed by atoms with E-state index in [0.29, 0.717) is 5.56 Å². The first-order chi connectivity index (χ1) is 15.1. The Morgan fingerprint density at radius 3 is 2.09 bits per heavy atom. The van der Waals surface area contributed by atoms with Gasteiger partial charge in [0.2, 0.25) is 0 Å². The molecule has 0 heterocycles. The Bertz CT molecular complexity index is 1070. The van der Waals surface area contributed by atoms with Gasteiger partial charge in [-0.05, 0) is 60.1 Å². The quantitative estimate of drug-likeness (QED) is 0.413. The maximum atomic E-state index is 12.8. The molecule has 1 atom stereocenters. The monoisotopic (exact) mass is 427 g/mol. The minimum absolute atomic E-state index is 0.0454. The smallest absolute Gasteiger partial charge is 0.255 e. The van der Waals surface area contributed by atoms with Gasteiger partial charge < -0.3 is 5.32 Å². The Morgan fingerprint density at radius 2 is 1.50 bits per heavy atom. The Balaban J connectivity index is 1.55. The van der Waals surface area contributed by atoms with Crippen LogP contribution in [0.25, 0.3) is 0 Å². The third kappa shape index (κ3) is 5.94. The molecule has 0 fully saturated rings. The van der Waals surface area contributed by atoms with Crippen LogP contribution in [0, 0.1) is 12.8 Å². The number of anilines is 1. The molecule has 0 aromatic heterocycles. The van der Waals surface area contributed by atoms with Crippen LogP contribution in [0.3, 0.4) is 0 Å². The second kappa shape index (κ2) is 9.95. The van der Waals surface area contributed by atoms with E-state index in [1.54, 1.807) is 0 Å². The number of amides is 1. The summed E-state index contributed by atoms with van der Waals surface area (Å²) in [6.07, 6.45) is 1.60. The lowest BCUT2D eigenvalue weighted by atomic mass is 9.85. The van der Waals surface area contributed by atoms with Crippen molar-refractivity contribution in [1.29, 1.82) is 0 Å². The summed E-state index contributed by atoms with van der Waals surface area (Å²) in [7, 11) is 0. The molecule has 3 nitrogen and oxygen atoms in total. The zero-order valence-electron chi connectivity index (χ0n) is 19.7. The van der Waals surface area contributed by atoms with Crippen molar-refractivity contribution in [2.75, 3.05) is 5.32 Å². The normalized spacial score (nSPS) is 12.3. The third-order valence-electron chi connectivity index (χ3n) is 5.95. The first-order valence-electron chi connectivity index (χ1n) is 11.3. The molecule has 1 N–H and O–H groups in total. The van der Waals surface area contributed by atoms with E-state index in [9.17, 15) is 9.59 Å². The van der Waals surface area contributed by atoms with Crippen LogP contribution in [0.5, 0.6) is 0 Å². The van der Waals surface area contributed by atoms with Gasteiger partial charge in [-0.1, -0.05) is 82.3 Å². The minimum Gasteiger partial charge on any atom is -0.322 e. The first-order valence-corrected chi connectivity index (χ1v) is 11.3. The lowest BCUT2D eigenvalue weighted by Crippen LogP contribution is -2.14. The average Bonchev–Trinajstić information content (AvgIpc) is 2.77. The molecule has 32 heavy (non-hydrogen) atoms. The van der Waals surface area contributed by atoms with E-state index in [4.69, 9.17) is 0 Å². The van der Waals surface area contributed by atoms with Gasteiger partial charge in [0.1, 0.15) is 0 Å². The fourth-order valence-corrected chi connectivity index (χ4v) is 3.71. The molecule has 0 spiro atoms. The molecule has 3 aromatic rings. The standard InChI is InChI=1S/C29H33NO2/c1-20-8-6-7-9-26(20)28(32)30-25-18-12-22(13-19-25)11-10-21(2)27(31)23-14-16-24(17-15-23)29(3,4)5/h6-9,12-19,21H,10-11H2,1-5H3,(H,30,32). The van der Waals surface area contributed by atoms with Gasteiger partial charge >= 0.3 is 0 Å². The van der Waals surface area contributed by atoms with Gasteiger partial charge in [-0.3, -0.25) is 9.59 Å². The SMILES string of the molecule is Cc1ccccc1C(=O)Nc1ccc(CCC(C)C(=O)c2ccc(C(C)(C)C)cc2)cc1. The summed E-state index contributed by atoms with van der Waals surface area (Å²) < 4.78 is 0. The molecule has 1 amide bonds. The van der Waals surface area contributed by atoms with E-state index in [-0.39, 0.29) is 23.0 Å². The molecule has 0 radical (unpaired) electrons. The number of rotatable bonds is 7. The molecule has 1 unspecified atom stereocenters. The van der Waals surface area contributed by atoms with Crippen LogP contribution >= 0.6 is 0 Å². The maximum absolute atomic E-state index is 12.8. The Labute approximate surface area is 191 Å². The molecule has 166 valence electrons. The van der Waals surface area contributed by atoms with E-state index in [1.165, 1.54) is 5.56 Å². The van der Waals surface area contributed by atoms with Crippen molar-refractivity contribution in [3.8, 4) is 0 Å². The van der Waals surface area contributed by atoms with Crippen LogP contribution in [-0.2, 0) is 11.8 Å². The molecule has 0 aliphatic heterocycles. The van der Waals surface area contributed by atoms with Crippen LogP contribution in [-0.4, -0.2) is 11.7 Å². The van der Waals surface area contributed by atoms with E-state index < -0.39 is 0 Å². The van der Waals surface area contributed by atoms with Gasteiger partial charge in [0.15, 0.2) is 5.78 Å². The van der Waals surface area contributed by atoms with Crippen LogP contribution in [0.15, 0.2) is 72.8 Å². The molecule has 0 saturated carbocycles. The van der Waals surface area contributed by atoms with Crippen LogP contribution in [0.4, 0.5) is 5.69 Å². The van der Waals surface area contributed by atoms with Gasteiger partial charge in [0, 0.05) is 22.7 Å². The van der Waals surface area contributed by atoms with Crippen LogP contribution in [0.1, 0.15) is 71.5 Å². The van der Waals surface area contributed by atoms with Gasteiger partial charge in [-0.15, -0.1) is 0 Å². The number of benzene rings is 3. The van der Waals surface area contributed by atoms with Crippen molar-refractivity contribution in [2.24, 2.45) is 5.92 Å². The van der Waals surface area contributed by atoms with Crippen molar-refractivity contribution in [3.63, 3.8) is 0 Å². The second-order valence-corrected chi connectivity index (χ2v) is 9.60. The van der Waals surface area contributed by atoms with Gasteiger partial charge in [0.05, 0.1) is 0 Å². The number of hydrogen-bond acceptors (Lipinski definition) is 2. The third-order valence-corrected chi connectivity index (χ3v) is 5.95. The highest BCUT2D eigenvalue weighted by atomic mass is 16.1. The highest BCUT2D eigenvalue weighted by molar-refractivity contribution is 6.05. The highest BCUT2D eigenvalue weighted by Gasteiger charge is 2.18. The Morgan fingerprint density at radius 1 is 0.875 bits per heavy atom. The lowest BCUT2D eigenvalue weighted by Gasteiger charge is -2.19. The number of carbonyl (C=O) groups is 2. The molecule has 3 rings (SSSR count). The summed E-state index contributed by atoms with van der Waals surface area (Å²) in [6.45, 7) is 10.4. The molecule has 0 aliphatic carbocycles. The fourth-order valence-electron chi connectivity index (χ4n) is 3.71. The topological polar surface area (TPSA) is 46.2 Å². The predicted octanol–water partition coefficient (Wildman–Crippen LogP) is 7.00. The summed E-state index contributed by atoms with van der Waals surface area (Å²) in [5.74, 6) is 0.0380. The van der Waals surface area contributed by atoms with Crippen molar-refractivity contribution in [1.82, 2.24) is 0 Å². The number of Topliss-reactive ketones (excluding diaryl/α,β-unsaturated/α-hetero) is 1. The number of carbonyl (C=O) groups excluding carboxylic acids is 2. The van der Waals surface area contributed by atoms with Crippen molar-refractivity contribution in [2.45, 2.75) is 52.9 Å². The highest BCUT2D eigenvalue weighted by Crippen LogP contribution is 2.24. The van der Waals surface area contributed by atoms with Crippen LogP contribution in [0.2, 0.25) is 0 Å². The lowest BCUT2D eigenvalue weighted by molar-refractivity contribution is 0.0923. The van der Waals surface area contributed by atoms with Crippen LogP contribution < -0.4 is 5.32 Å². The van der Waals surface area contributed by atoms with E-state index in [2.05, 4.69) is 38.2 Å². The Hall–Kier alpha value is -3.20. The maximum Gasteiger partial charge on any atom is 0.255 e. The molecular weight excluding hydrogens is 394 g/mol. The zero-order valence-corrected chi connectivity index (χ0v) is 19.7. The zero-order chi connectivity index (χ0) is 23.3. The largest absolute Gasteiger partial charge is 0.322 e. The summed E-state index contributed by atoms with van der Waals surface area (Å²) in [5.41, 5.74) is 5.65.